The Kier molecular flexibility index (Phi) is 6.93. The number of nitrogens with two attached hydrogens (primary N) is 1. The van der Waals surface area contributed by atoms with Gasteiger partial charge in [0, 0.05) is 38.9 Å². The number of carbonyl (C=O) groups excluding carboxylic acids is 1. The van der Waals surface area contributed by atoms with Crippen molar-refractivity contribution in [1.82, 2.24) is 14.4 Å². The highest BCUT2D eigenvalue weighted by Gasteiger charge is 2.32. The van der Waals surface area contributed by atoms with Gasteiger partial charge in [0.15, 0.2) is 17.3 Å². The average Bonchev–Trinajstić information content (AvgIpc) is 3.03. The number of morpholine rings is 2. The largest absolute Gasteiger partial charge is 0.451 e. The van der Waals surface area contributed by atoms with Gasteiger partial charge in [-0.2, -0.15) is 0 Å². The summed E-state index contributed by atoms with van der Waals surface area (Å²) < 4.78 is 35.0. The minimum atomic E-state index is -0.771. The van der Waals surface area contributed by atoms with E-state index in [9.17, 15) is 9.59 Å². The minimum Gasteiger partial charge on any atom is -0.451 e. The molecule has 2 saturated heterocycles. The maximum absolute atomic E-state index is 16.1. The Hall–Kier alpha value is -4.19. The van der Waals surface area contributed by atoms with E-state index in [0.717, 1.165) is 36.8 Å². The third-order valence-electron chi connectivity index (χ3n) is 8.26. The number of benzene rings is 3. The number of hydrogen-bond donors (Lipinski definition) is 2. The fourth-order valence-electron chi connectivity index (χ4n) is 6.01. The Morgan fingerprint density at radius 3 is 2.43 bits per heavy atom. The number of halogens is 1. The maximum atomic E-state index is 16.1. The van der Waals surface area contributed by atoms with Crippen LogP contribution in [0, 0.1) is 5.82 Å². The second kappa shape index (κ2) is 10.9. The summed E-state index contributed by atoms with van der Waals surface area (Å²) in [6, 6.07) is 11.6. The quantitative estimate of drug-likeness (QED) is 0.234. The zero-order valence-corrected chi connectivity index (χ0v) is 23.2. The van der Waals surface area contributed by atoms with Crippen LogP contribution in [0.5, 0.6) is 11.5 Å². The van der Waals surface area contributed by atoms with Crippen LogP contribution < -0.4 is 21.2 Å². The number of amides is 1. The van der Waals surface area contributed by atoms with Crippen LogP contribution in [0.3, 0.4) is 0 Å². The van der Waals surface area contributed by atoms with Gasteiger partial charge in [0.2, 0.25) is 5.43 Å². The van der Waals surface area contributed by atoms with E-state index in [0.29, 0.717) is 63.0 Å². The Bertz CT molecular complexity index is 1760. The lowest BCUT2D eigenvalue weighted by molar-refractivity contribution is 0.0301. The number of anilines is 2. The van der Waals surface area contributed by atoms with Gasteiger partial charge in [0.1, 0.15) is 16.8 Å². The molecule has 0 unspecified atom stereocenters. The lowest BCUT2D eigenvalue weighted by Gasteiger charge is -2.29. The molecule has 1 aromatic heterocycles. The molecule has 11 heteroatoms. The number of aromatic nitrogens is 1. The van der Waals surface area contributed by atoms with Crippen LogP contribution in [-0.4, -0.2) is 86.0 Å². The zero-order valence-electron chi connectivity index (χ0n) is 23.2. The van der Waals surface area contributed by atoms with Gasteiger partial charge in [-0.1, -0.05) is 24.3 Å². The Balaban J connectivity index is 1.36. The SMILES string of the molecule is Nc1c(F)c(NCCCN2CCOCC2)c2c3c1c(=O)c(C(=O)N1CCOCC1)cn3-c1cc3ccccc3cc1O2. The summed E-state index contributed by atoms with van der Waals surface area (Å²) in [5, 5.41) is 5.02. The minimum absolute atomic E-state index is 0.0701. The van der Waals surface area contributed by atoms with Crippen molar-refractivity contribution in [1.29, 1.82) is 0 Å². The van der Waals surface area contributed by atoms with Crippen LogP contribution >= 0.6 is 0 Å². The summed E-state index contributed by atoms with van der Waals surface area (Å²) in [6.07, 6.45) is 2.31. The van der Waals surface area contributed by atoms with E-state index < -0.39 is 17.2 Å². The number of nitrogens with one attached hydrogen (secondary N) is 1. The van der Waals surface area contributed by atoms with Crippen LogP contribution in [-0.2, 0) is 9.47 Å². The standard InChI is InChI=1S/C31H32FN5O5/c32-25-26(33)24-28-30(27(25)34-6-3-7-35-8-12-40-13-9-35)42-23-17-20-5-2-1-4-19(20)16-22(23)37(28)18-21(29(24)38)31(39)36-10-14-41-15-11-36/h1-2,4-5,16-18,34H,3,6-15,33H2. The molecule has 218 valence electrons. The Morgan fingerprint density at radius 1 is 1.00 bits per heavy atom. The van der Waals surface area contributed by atoms with Crippen LogP contribution in [0.15, 0.2) is 47.4 Å². The zero-order chi connectivity index (χ0) is 28.8. The molecule has 2 fully saturated rings. The van der Waals surface area contributed by atoms with Gasteiger partial charge in [0.05, 0.1) is 43.2 Å². The number of fused-ring (bicyclic) bond motifs is 3. The van der Waals surface area contributed by atoms with Crippen LogP contribution in [0.2, 0.25) is 0 Å². The van der Waals surface area contributed by atoms with E-state index in [1.807, 2.05) is 36.4 Å². The van der Waals surface area contributed by atoms with Crippen molar-refractivity contribution in [3.8, 4) is 17.2 Å². The highest BCUT2D eigenvalue weighted by molar-refractivity contribution is 6.06. The maximum Gasteiger partial charge on any atom is 0.259 e. The summed E-state index contributed by atoms with van der Waals surface area (Å²) in [6.45, 7) is 5.97. The molecule has 0 saturated carbocycles. The summed E-state index contributed by atoms with van der Waals surface area (Å²) in [5.41, 5.74) is 6.41. The third kappa shape index (κ3) is 4.54. The number of pyridine rings is 1. The van der Waals surface area contributed by atoms with Gasteiger partial charge in [-0.25, -0.2) is 4.39 Å². The number of nitrogens with zero attached hydrogens (tertiary/aromatic N) is 3. The first-order valence-electron chi connectivity index (χ1n) is 14.3. The molecule has 4 aromatic rings. The van der Waals surface area contributed by atoms with Gasteiger partial charge >= 0.3 is 0 Å². The molecule has 42 heavy (non-hydrogen) atoms. The number of ether oxygens (including phenoxy) is 3. The van der Waals surface area contributed by atoms with Crippen molar-refractivity contribution >= 4 is 39.0 Å². The summed E-state index contributed by atoms with van der Waals surface area (Å²) in [5.74, 6) is -0.549. The normalized spacial score (nSPS) is 16.8. The monoisotopic (exact) mass is 573 g/mol. The second-order valence-corrected chi connectivity index (χ2v) is 10.8. The van der Waals surface area contributed by atoms with Crippen LogP contribution in [0.1, 0.15) is 16.8 Å². The Labute approximate surface area is 241 Å². The van der Waals surface area contributed by atoms with Gasteiger partial charge in [-0.05, 0) is 35.9 Å². The molecule has 3 aromatic carbocycles. The molecule has 1 amide bonds. The van der Waals surface area contributed by atoms with E-state index in [1.54, 1.807) is 15.7 Å². The second-order valence-electron chi connectivity index (χ2n) is 10.8. The summed E-state index contributed by atoms with van der Waals surface area (Å²) in [7, 11) is 0. The molecule has 7 rings (SSSR count). The molecule has 0 atom stereocenters. The van der Waals surface area contributed by atoms with Gasteiger partial charge in [-0.3, -0.25) is 14.5 Å². The summed E-state index contributed by atoms with van der Waals surface area (Å²) in [4.78, 5) is 31.4. The lowest BCUT2D eigenvalue weighted by Crippen LogP contribution is -2.42. The molecule has 0 spiro atoms. The Morgan fingerprint density at radius 2 is 1.69 bits per heavy atom. The molecular weight excluding hydrogens is 541 g/mol. The topological polar surface area (TPSA) is 111 Å². The molecule has 0 radical (unpaired) electrons. The summed E-state index contributed by atoms with van der Waals surface area (Å²) >= 11 is 0. The number of rotatable bonds is 6. The van der Waals surface area contributed by atoms with E-state index in [-0.39, 0.29) is 28.1 Å². The van der Waals surface area contributed by atoms with E-state index in [2.05, 4.69) is 10.2 Å². The molecule has 3 N–H and O–H groups in total. The van der Waals surface area contributed by atoms with E-state index >= 15 is 4.39 Å². The van der Waals surface area contributed by atoms with Crippen molar-refractivity contribution in [2.45, 2.75) is 6.42 Å². The molecule has 0 bridgehead atoms. The van der Waals surface area contributed by atoms with Crippen molar-refractivity contribution in [2.75, 3.05) is 76.7 Å². The predicted octanol–water partition coefficient (Wildman–Crippen LogP) is 3.58. The first-order chi connectivity index (χ1) is 20.5. The van der Waals surface area contributed by atoms with Crippen LogP contribution in [0.25, 0.3) is 27.4 Å². The molecule has 10 nitrogen and oxygen atoms in total. The first-order valence-corrected chi connectivity index (χ1v) is 14.3. The molecule has 3 aliphatic heterocycles. The average molecular weight is 574 g/mol. The van der Waals surface area contributed by atoms with Gasteiger partial charge in [0.25, 0.3) is 5.91 Å². The predicted molar refractivity (Wildman–Crippen MR) is 159 cm³/mol. The van der Waals surface area contributed by atoms with E-state index in [4.69, 9.17) is 19.9 Å². The fourth-order valence-corrected chi connectivity index (χ4v) is 6.01. The number of hydrogen-bond acceptors (Lipinski definition) is 8. The third-order valence-corrected chi connectivity index (χ3v) is 8.26. The van der Waals surface area contributed by atoms with Crippen LogP contribution in [0.4, 0.5) is 15.8 Å². The van der Waals surface area contributed by atoms with E-state index in [1.165, 1.54) is 0 Å². The van der Waals surface area contributed by atoms with Gasteiger partial charge in [-0.15, -0.1) is 0 Å². The smallest absolute Gasteiger partial charge is 0.259 e. The molecule has 4 heterocycles. The number of carbonyl (C=O) groups is 1. The first kappa shape index (κ1) is 26.7. The highest BCUT2D eigenvalue weighted by Crippen LogP contribution is 2.48. The lowest BCUT2D eigenvalue weighted by atomic mass is 10.0. The molecular formula is C31H32FN5O5. The highest BCUT2D eigenvalue weighted by atomic mass is 19.1. The van der Waals surface area contributed by atoms with Gasteiger partial charge < -0.3 is 34.7 Å². The van der Waals surface area contributed by atoms with Crippen molar-refractivity contribution in [3.63, 3.8) is 0 Å². The van der Waals surface area contributed by atoms with Crippen molar-refractivity contribution in [2.24, 2.45) is 0 Å². The fraction of sp³-hybridized carbons (Fsp3) is 0.355. The number of nitrogen functional groups attached to an aromatic ring is 1. The molecule has 0 aliphatic carbocycles. The van der Waals surface area contributed by atoms with Crippen molar-refractivity contribution < 1.29 is 23.4 Å². The van der Waals surface area contributed by atoms with Crippen molar-refractivity contribution in [3.05, 3.63) is 64.2 Å². The molecule has 3 aliphatic rings.